The minimum absolute atomic E-state index is 0.00838. The SMILES string of the molecule is Cc1cc2nc3c(=O)[nH]c(=O)nc-3n(CC(OC(=O)C(CCCCNC(=O)OC(C)(C)C)NC(=O)OC(C)(C)C)C(OC(=O)C(CCCCNC(=O)OC(C)(C)C)NC(=O)OC(C)(C)C)C(COC(=O)C(CCCCNC(=O)OC(C)(C)C)NC(=O)OC(C)(C)C)OC(=O)C(CCCCNC(=O)OC(C)(C)C)NC(=O)OC(C)(C)C)c2cc1C. The molecule has 0 radical (unpaired) electrons. The molecule has 2 aliphatic rings. The highest BCUT2D eigenvalue weighted by atomic mass is 16.6. The first-order valence-electron chi connectivity index (χ1n) is 40.1. The monoisotopic (exact) mass is 1690 g/mol. The number of esters is 4. The van der Waals surface area contributed by atoms with Crippen LogP contribution in [0, 0.1) is 13.8 Å². The third-order valence-electron chi connectivity index (χ3n) is 15.8. The van der Waals surface area contributed by atoms with Crippen LogP contribution in [0.2, 0.25) is 0 Å². The molecule has 0 bridgehead atoms. The van der Waals surface area contributed by atoms with E-state index in [1.165, 1.54) is 25.3 Å². The topological polar surface area (TPSA) is 492 Å². The van der Waals surface area contributed by atoms with Crippen molar-refractivity contribution in [3.05, 3.63) is 44.1 Å². The lowest BCUT2D eigenvalue weighted by Crippen LogP contribution is -2.55. The fourth-order valence-corrected chi connectivity index (χ4v) is 10.9. The Morgan fingerprint density at radius 2 is 0.655 bits per heavy atom. The third-order valence-corrected chi connectivity index (χ3v) is 15.8. The number of ether oxygens (including phenoxy) is 12. The van der Waals surface area contributed by atoms with Crippen LogP contribution in [0.5, 0.6) is 0 Å². The summed E-state index contributed by atoms with van der Waals surface area (Å²) in [5.41, 5.74) is -9.63. The Kier molecular flexibility index (Phi) is 38.9. The molecule has 8 amide bonds. The summed E-state index contributed by atoms with van der Waals surface area (Å²) in [4.78, 5) is 209. The van der Waals surface area contributed by atoms with E-state index in [1.54, 1.807) is 171 Å². The van der Waals surface area contributed by atoms with Crippen molar-refractivity contribution in [3.63, 3.8) is 0 Å². The molecule has 38 nitrogen and oxygen atoms in total. The number of benzene rings is 1. The molecule has 3 rings (SSSR count). The zero-order chi connectivity index (χ0) is 90.6. The highest BCUT2D eigenvalue weighted by Gasteiger charge is 2.45. The van der Waals surface area contributed by atoms with Gasteiger partial charge in [0.05, 0.1) is 17.6 Å². The number of alkyl carbamates (subject to hydrolysis) is 8. The van der Waals surface area contributed by atoms with Crippen LogP contribution in [0.15, 0.2) is 21.7 Å². The summed E-state index contributed by atoms with van der Waals surface area (Å²) in [6.45, 7) is 39.7. The fraction of sp³-hybridized carbons (Fsp3) is 0.728. The Bertz CT molecular complexity index is 4010. The van der Waals surface area contributed by atoms with Crippen LogP contribution in [-0.2, 0) is 82.6 Å². The van der Waals surface area contributed by atoms with Gasteiger partial charge in [-0.2, -0.15) is 4.98 Å². The number of carbonyl (C=O) groups is 12. The minimum atomic E-state index is -2.47. The number of nitrogens with one attached hydrogen (secondary N) is 9. The quantitative estimate of drug-likeness (QED) is 0.0112. The summed E-state index contributed by atoms with van der Waals surface area (Å²) in [6, 6.07) is -3.88. The first-order chi connectivity index (χ1) is 54.5. The van der Waals surface area contributed by atoms with Crippen molar-refractivity contribution < 1.29 is 114 Å². The van der Waals surface area contributed by atoms with Gasteiger partial charge >= 0.3 is 78.3 Å². The number of H-pyrrole nitrogens is 1. The van der Waals surface area contributed by atoms with E-state index in [2.05, 4.69) is 57.5 Å². The van der Waals surface area contributed by atoms with Crippen LogP contribution < -0.4 is 53.8 Å². The summed E-state index contributed by atoms with van der Waals surface area (Å²) in [7, 11) is 0. The first kappa shape index (κ1) is 103. The van der Waals surface area contributed by atoms with Gasteiger partial charge in [-0.1, -0.05) is 0 Å². The van der Waals surface area contributed by atoms with E-state index in [0.29, 0.717) is 11.1 Å². The predicted molar refractivity (Wildman–Crippen MR) is 436 cm³/mol. The van der Waals surface area contributed by atoms with Gasteiger partial charge in [-0.05, 0) is 280 Å². The second-order valence-electron chi connectivity index (χ2n) is 36.7. The summed E-state index contributed by atoms with van der Waals surface area (Å²) in [5, 5.41) is 20.7. The summed E-state index contributed by atoms with van der Waals surface area (Å²) in [5.74, 6) is -5.93. The smallest absolute Gasteiger partial charge is 0.408 e. The standard InChI is InChI=1S/C81H132N12O26/c1-47-43-53-54(44-48(47)2)93(59-57(86-53)60(94)92-65(99)91-59)45-55(109-62(96)50(88-71(105)117-79(18,19)20)36-28-32-40-83-67(101)113-75(6,7)8)58(111-64(98)52(90-73(107)119-81(24,25)26)38-30-34-42-85-69(103)115-77(12,13)14)56(110-63(97)51(89-72(106)118-80(21,22)23)37-29-33-41-84-68(102)114-76(9,10)11)46-108-61(95)49(87-70(104)116-78(15,16)17)35-27-31-39-82-66(100)112-74(3,4)5/h43-44,49-52,55-56,58H,27-42,45-46H2,1-26H3,(H,82,100)(H,83,101)(H,84,102)(H,85,103)(H,87,104)(H,88,105)(H,89,106)(H,90,107)(H,92,94,99). The maximum Gasteiger partial charge on any atom is 0.408 e. The molecule has 1 aromatic rings. The first-order valence-corrected chi connectivity index (χ1v) is 40.1. The number of aromatic amines is 1. The van der Waals surface area contributed by atoms with Crippen LogP contribution in [-0.4, -0.2) is 212 Å². The van der Waals surface area contributed by atoms with Gasteiger partial charge < -0.3 is 104 Å². The van der Waals surface area contributed by atoms with E-state index >= 15 is 19.2 Å². The number of aryl methyl sites for hydroxylation is 2. The van der Waals surface area contributed by atoms with Crippen LogP contribution in [0.1, 0.15) is 254 Å². The number of unbranched alkanes of at least 4 members (excludes halogenated alkanes) is 4. The molecule has 0 aromatic heterocycles. The van der Waals surface area contributed by atoms with Crippen molar-refractivity contribution in [2.75, 3.05) is 32.8 Å². The molecule has 119 heavy (non-hydrogen) atoms. The van der Waals surface area contributed by atoms with Gasteiger partial charge in [-0.15, -0.1) is 0 Å². The van der Waals surface area contributed by atoms with Crippen molar-refractivity contribution in [1.29, 1.82) is 0 Å². The van der Waals surface area contributed by atoms with Crippen molar-refractivity contribution in [1.82, 2.24) is 62.1 Å². The zero-order valence-electron chi connectivity index (χ0n) is 74.4. The number of rotatable bonds is 37. The zero-order valence-corrected chi connectivity index (χ0v) is 74.4. The van der Waals surface area contributed by atoms with Crippen LogP contribution in [0.3, 0.4) is 0 Å². The lowest BCUT2D eigenvalue weighted by atomic mass is 10.0. The Labute approximate surface area is 696 Å². The summed E-state index contributed by atoms with van der Waals surface area (Å²) >= 11 is 0. The van der Waals surface area contributed by atoms with Gasteiger partial charge in [0.15, 0.2) is 29.8 Å². The van der Waals surface area contributed by atoms with Crippen molar-refractivity contribution in [2.24, 2.45) is 0 Å². The Morgan fingerprint density at radius 1 is 0.370 bits per heavy atom. The fourth-order valence-electron chi connectivity index (χ4n) is 10.9. The number of hydrogen-bond donors (Lipinski definition) is 9. The molecule has 0 aliphatic carbocycles. The molecule has 0 fully saturated rings. The molecule has 672 valence electrons. The maximum atomic E-state index is 16.0. The Morgan fingerprint density at radius 3 is 0.975 bits per heavy atom. The van der Waals surface area contributed by atoms with Crippen molar-refractivity contribution >= 4 is 83.7 Å². The molecule has 38 heteroatoms. The van der Waals surface area contributed by atoms with E-state index in [1.807, 2.05) is 0 Å². The molecule has 9 N–H and O–H groups in total. The number of hydrogen-bond acceptors (Lipinski definition) is 28. The maximum absolute atomic E-state index is 16.0. The average molecular weight is 1690 g/mol. The molecule has 0 spiro atoms. The second-order valence-corrected chi connectivity index (χ2v) is 36.7. The molecular formula is C81H132N12O26. The van der Waals surface area contributed by atoms with E-state index in [0.717, 1.165) is 0 Å². The van der Waals surface area contributed by atoms with Gasteiger partial charge in [0.2, 0.25) is 0 Å². The number of aromatic nitrogens is 4. The van der Waals surface area contributed by atoms with Gasteiger partial charge in [0.1, 0.15) is 75.6 Å². The molecule has 1 aromatic carbocycles. The highest BCUT2D eigenvalue weighted by Crippen LogP contribution is 2.29. The minimum Gasteiger partial charge on any atom is -0.460 e. The molecule has 0 saturated carbocycles. The number of nitrogens with zero attached hydrogens (tertiary/aromatic N) is 3. The number of carbonyl (C=O) groups excluding carboxylic acids is 12. The van der Waals surface area contributed by atoms with Gasteiger partial charge in [-0.25, -0.2) is 67.3 Å². The predicted octanol–water partition coefficient (Wildman–Crippen LogP) is 10.8. The van der Waals surface area contributed by atoms with Crippen LogP contribution in [0.25, 0.3) is 22.6 Å². The van der Waals surface area contributed by atoms with Gasteiger partial charge in [0, 0.05) is 26.2 Å². The Hall–Kier alpha value is -10.5. The number of fused-ring (bicyclic) bond motifs is 2. The molecule has 2 heterocycles. The van der Waals surface area contributed by atoms with E-state index in [4.69, 9.17) is 56.8 Å². The van der Waals surface area contributed by atoms with Crippen molar-refractivity contribution in [2.45, 2.75) is 351 Å². The third kappa shape index (κ3) is 43.2. The summed E-state index contributed by atoms with van der Waals surface area (Å²) < 4.78 is 71.4. The molecule has 7 unspecified atom stereocenters. The normalized spacial score (nSPS) is 14.0. The van der Waals surface area contributed by atoms with E-state index < -0.39 is 196 Å². The second kappa shape index (κ2) is 45.1. The van der Waals surface area contributed by atoms with Gasteiger partial charge in [-0.3, -0.25) is 9.78 Å². The van der Waals surface area contributed by atoms with Crippen LogP contribution in [0.4, 0.5) is 38.4 Å². The Balaban J connectivity index is 2.74. The van der Waals surface area contributed by atoms with Gasteiger partial charge in [0.25, 0.3) is 5.56 Å². The molecule has 7 atom stereocenters. The summed E-state index contributed by atoms with van der Waals surface area (Å²) in [6.07, 6.45) is -15.4. The lowest BCUT2D eigenvalue weighted by molar-refractivity contribution is -0.195. The van der Waals surface area contributed by atoms with Crippen LogP contribution >= 0.6 is 0 Å². The van der Waals surface area contributed by atoms with E-state index in [-0.39, 0.29) is 114 Å². The van der Waals surface area contributed by atoms with Crippen molar-refractivity contribution in [3.8, 4) is 11.5 Å². The van der Waals surface area contributed by atoms with E-state index in [9.17, 15) is 47.9 Å². The number of amides is 8. The lowest BCUT2D eigenvalue weighted by Gasteiger charge is -2.36. The average Bonchev–Trinajstić information content (AvgIpc) is 0.750. The molecule has 0 saturated heterocycles. The molecule has 2 aliphatic heterocycles. The highest BCUT2D eigenvalue weighted by molar-refractivity contribution is 5.85. The molecular weight excluding hydrogens is 1560 g/mol. The largest absolute Gasteiger partial charge is 0.460 e.